The molecular weight excluding hydrogens is 301 g/mol. The van der Waals surface area contributed by atoms with Crippen LogP contribution in [0.25, 0.3) is 0 Å². The third-order valence-electron chi connectivity index (χ3n) is 2.75. The van der Waals surface area contributed by atoms with Crippen LogP contribution in [0, 0.1) is 5.82 Å². The lowest BCUT2D eigenvalue weighted by molar-refractivity contribution is 0.0656. The minimum atomic E-state index is -3.98. The lowest BCUT2D eigenvalue weighted by Crippen LogP contribution is -2.26. The van der Waals surface area contributed by atoms with E-state index in [0.717, 1.165) is 16.4 Å². The van der Waals surface area contributed by atoms with Crippen molar-refractivity contribution in [3.05, 3.63) is 53.5 Å². The lowest BCUT2D eigenvalue weighted by Gasteiger charge is -2.15. The maximum absolute atomic E-state index is 13.1. The maximum atomic E-state index is 13.1. The Labute approximate surface area is 120 Å². The van der Waals surface area contributed by atoms with Crippen LogP contribution in [0.4, 0.5) is 4.39 Å². The molecule has 1 N–H and O–H groups in total. The first kappa shape index (κ1) is 15.2. The molecule has 0 fully saturated rings. The Morgan fingerprint density at radius 1 is 1.33 bits per heavy atom. The number of carbonyl (C=O) groups is 1. The van der Waals surface area contributed by atoms with Crippen LogP contribution < -0.4 is 0 Å². The van der Waals surface area contributed by atoms with E-state index in [1.54, 1.807) is 6.07 Å². The molecule has 1 aromatic carbocycles. The third-order valence-corrected chi connectivity index (χ3v) is 4.43. The number of benzene rings is 1. The van der Waals surface area contributed by atoms with Crippen LogP contribution in [0.3, 0.4) is 0 Å². The standard InChI is InChI=1S/C13H12FNO5S/c1-15(8-9-3-2-4-10(14)7-9)21(18,19)12-6-5-11(20-12)13(16)17/h2-7H,8H2,1H3,(H,16,17). The monoisotopic (exact) mass is 313 g/mol. The first-order chi connectivity index (χ1) is 9.80. The van der Waals surface area contributed by atoms with E-state index in [-0.39, 0.29) is 6.54 Å². The molecule has 8 heteroatoms. The Balaban J connectivity index is 2.23. The minimum absolute atomic E-state index is 0.0663. The highest BCUT2D eigenvalue weighted by Gasteiger charge is 2.26. The van der Waals surface area contributed by atoms with Gasteiger partial charge < -0.3 is 9.52 Å². The summed E-state index contributed by atoms with van der Waals surface area (Å²) in [4.78, 5) is 10.7. The van der Waals surface area contributed by atoms with E-state index in [1.165, 1.54) is 25.2 Å². The van der Waals surface area contributed by atoms with Crippen molar-refractivity contribution in [1.29, 1.82) is 0 Å². The number of nitrogens with zero attached hydrogens (tertiary/aromatic N) is 1. The topological polar surface area (TPSA) is 87.8 Å². The van der Waals surface area contributed by atoms with Crippen molar-refractivity contribution < 1.29 is 27.1 Å². The summed E-state index contributed by atoms with van der Waals surface area (Å²) in [5, 5.41) is 8.25. The molecule has 0 bridgehead atoms. The van der Waals surface area contributed by atoms with Gasteiger partial charge in [0.2, 0.25) is 10.9 Å². The largest absolute Gasteiger partial charge is 0.475 e. The van der Waals surface area contributed by atoms with Gasteiger partial charge in [-0.1, -0.05) is 12.1 Å². The van der Waals surface area contributed by atoms with E-state index in [2.05, 4.69) is 0 Å². The van der Waals surface area contributed by atoms with Crippen molar-refractivity contribution in [2.45, 2.75) is 11.6 Å². The number of hydrogen-bond donors (Lipinski definition) is 1. The van der Waals surface area contributed by atoms with Crippen molar-refractivity contribution >= 4 is 16.0 Å². The first-order valence-electron chi connectivity index (χ1n) is 5.84. The molecule has 0 aliphatic carbocycles. The van der Waals surface area contributed by atoms with Crippen molar-refractivity contribution in [1.82, 2.24) is 4.31 Å². The van der Waals surface area contributed by atoms with Crippen LogP contribution in [-0.4, -0.2) is 30.8 Å². The van der Waals surface area contributed by atoms with Gasteiger partial charge in [-0.3, -0.25) is 0 Å². The van der Waals surface area contributed by atoms with E-state index >= 15 is 0 Å². The first-order valence-corrected chi connectivity index (χ1v) is 7.28. The zero-order valence-electron chi connectivity index (χ0n) is 11.0. The van der Waals surface area contributed by atoms with Gasteiger partial charge in [0.1, 0.15) is 5.82 Å². The number of carboxylic acid groups (broad SMARTS) is 1. The molecule has 0 unspecified atom stereocenters. The molecule has 0 amide bonds. The van der Waals surface area contributed by atoms with E-state index in [4.69, 9.17) is 9.52 Å². The molecule has 0 aliphatic heterocycles. The van der Waals surface area contributed by atoms with Gasteiger partial charge in [-0.25, -0.2) is 17.6 Å². The van der Waals surface area contributed by atoms with E-state index in [1.807, 2.05) is 0 Å². The van der Waals surface area contributed by atoms with Crippen LogP contribution in [0.5, 0.6) is 0 Å². The number of rotatable bonds is 5. The Morgan fingerprint density at radius 3 is 2.62 bits per heavy atom. The normalized spacial score (nSPS) is 11.8. The fourth-order valence-electron chi connectivity index (χ4n) is 1.70. The minimum Gasteiger partial charge on any atom is -0.475 e. The molecule has 1 heterocycles. The number of furan rings is 1. The molecule has 21 heavy (non-hydrogen) atoms. The van der Waals surface area contributed by atoms with E-state index in [9.17, 15) is 17.6 Å². The van der Waals surface area contributed by atoms with E-state index < -0.39 is 32.7 Å². The molecule has 0 saturated heterocycles. The molecule has 0 saturated carbocycles. The summed E-state index contributed by atoms with van der Waals surface area (Å²) in [5.74, 6) is -2.29. The number of carboxylic acids is 1. The number of sulfonamides is 1. The van der Waals surface area contributed by atoms with Crippen molar-refractivity contribution in [3.63, 3.8) is 0 Å². The fourth-order valence-corrected chi connectivity index (χ4v) is 2.77. The van der Waals surface area contributed by atoms with Crippen LogP contribution in [0.15, 0.2) is 45.9 Å². The molecule has 112 valence electrons. The molecule has 0 atom stereocenters. The predicted molar refractivity (Wildman–Crippen MR) is 70.7 cm³/mol. The zero-order chi connectivity index (χ0) is 15.6. The lowest BCUT2D eigenvalue weighted by atomic mass is 10.2. The Kier molecular flexibility index (Phi) is 4.10. The van der Waals surface area contributed by atoms with Crippen LogP contribution in [0.1, 0.15) is 16.1 Å². The Morgan fingerprint density at radius 2 is 2.05 bits per heavy atom. The highest BCUT2D eigenvalue weighted by molar-refractivity contribution is 7.88. The van der Waals surface area contributed by atoms with Gasteiger partial charge in [-0.15, -0.1) is 0 Å². The smallest absolute Gasteiger partial charge is 0.371 e. The Hall–Kier alpha value is -2.19. The highest BCUT2D eigenvalue weighted by atomic mass is 32.2. The number of hydrogen-bond acceptors (Lipinski definition) is 4. The molecule has 0 aliphatic rings. The van der Waals surface area contributed by atoms with Crippen LogP contribution in [0.2, 0.25) is 0 Å². The summed E-state index contributed by atoms with van der Waals surface area (Å²) in [5.41, 5.74) is 0.464. The SMILES string of the molecule is CN(Cc1cccc(F)c1)S(=O)(=O)c1ccc(C(=O)O)o1. The van der Waals surface area contributed by atoms with Gasteiger partial charge in [-0.05, 0) is 29.8 Å². The summed E-state index contributed by atoms with van der Waals surface area (Å²) in [6, 6.07) is 7.66. The second kappa shape index (κ2) is 5.66. The summed E-state index contributed by atoms with van der Waals surface area (Å²) < 4.78 is 43.2. The number of aromatic carboxylic acids is 1. The molecule has 2 aromatic rings. The number of halogens is 1. The predicted octanol–water partition coefficient (Wildman–Crippen LogP) is 1.94. The molecule has 0 spiro atoms. The molecule has 6 nitrogen and oxygen atoms in total. The third kappa shape index (κ3) is 3.29. The van der Waals surface area contributed by atoms with Gasteiger partial charge in [0.15, 0.2) is 0 Å². The Bertz CT molecular complexity index is 768. The average Bonchev–Trinajstić information content (AvgIpc) is 2.89. The highest BCUT2D eigenvalue weighted by Crippen LogP contribution is 2.19. The molecule has 1 aromatic heterocycles. The van der Waals surface area contributed by atoms with Gasteiger partial charge in [-0.2, -0.15) is 4.31 Å². The van der Waals surface area contributed by atoms with Gasteiger partial charge in [0.05, 0.1) is 0 Å². The maximum Gasteiger partial charge on any atom is 0.371 e. The summed E-state index contributed by atoms with van der Waals surface area (Å²) in [7, 11) is -2.69. The second-order valence-electron chi connectivity index (χ2n) is 4.31. The molecular formula is C13H12FNO5S. The molecule has 0 radical (unpaired) electrons. The summed E-state index contributed by atoms with van der Waals surface area (Å²) in [6.45, 7) is -0.0663. The second-order valence-corrected chi connectivity index (χ2v) is 6.29. The van der Waals surface area contributed by atoms with Gasteiger partial charge >= 0.3 is 5.97 Å². The summed E-state index contributed by atoms with van der Waals surface area (Å²) >= 11 is 0. The average molecular weight is 313 g/mol. The van der Waals surface area contributed by atoms with Gasteiger partial charge in [0, 0.05) is 13.6 Å². The van der Waals surface area contributed by atoms with Crippen LogP contribution in [-0.2, 0) is 16.6 Å². The zero-order valence-corrected chi connectivity index (χ0v) is 11.8. The van der Waals surface area contributed by atoms with E-state index in [0.29, 0.717) is 5.56 Å². The molecule has 2 rings (SSSR count). The van der Waals surface area contributed by atoms with Crippen LogP contribution >= 0.6 is 0 Å². The van der Waals surface area contributed by atoms with Crippen molar-refractivity contribution in [2.24, 2.45) is 0 Å². The quantitative estimate of drug-likeness (QED) is 0.911. The van der Waals surface area contributed by atoms with Gasteiger partial charge in [0.25, 0.3) is 10.0 Å². The van der Waals surface area contributed by atoms with Crippen molar-refractivity contribution in [3.8, 4) is 0 Å². The van der Waals surface area contributed by atoms with Crippen molar-refractivity contribution in [2.75, 3.05) is 7.05 Å². The summed E-state index contributed by atoms with van der Waals surface area (Å²) in [6.07, 6.45) is 0. The fraction of sp³-hybridized carbons (Fsp3) is 0.154.